The largest absolute Gasteiger partial charge is 0.416 e. The van der Waals surface area contributed by atoms with Crippen molar-refractivity contribution in [3.05, 3.63) is 66.2 Å². The summed E-state index contributed by atoms with van der Waals surface area (Å²) in [7, 11) is 0. The third-order valence-electron chi connectivity index (χ3n) is 6.96. The Kier molecular flexibility index (Phi) is 5.97. The van der Waals surface area contributed by atoms with Crippen LogP contribution in [0.4, 0.5) is 24.5 Å². The number of piperidine rings is 1. The van der Waals surface area contributed by atoms with Gasteiger partial charge in [0.2, 0.25) is 0 Å². The summed E-state index contributed by atoms with van der Waals surface area (Å²) in [5, 5.41) is 2.26. The molecule has 5 rings (SSSR count). The second-order valence-electron chi connectivity index (χ2n) is 8.98. The second kappa shape index (κ2) is 8.89. The van der Waals surface area contributed by atoms with Gasteiger partial charge in [0.1, 0.15) is 0 Å². The molecule has 2 fully saturated rings. The van der Waals surface area contributed by atoms with Gasteiger partial charge < -0.3 is 9.62 Å². The van der Waals surface area contributed by atoms with E-state index in [0.29, 0.717) is 11.6 Å². The Hall–Kier alpha value is -2.34. The highest BCUT2D eigenvalue weighted by Gasteiger charge is 2.34. The minimum absolute atomic E-state index is 0.534. The molecular formula is C26H27F3N2S. The molecule has 2 aliphatic rings. The molecule has 2 unspecified atom stereocenters. The van der Waals surface area contributed by atoms with Gasteiger partial charge in [-0.1, -0.05) is 49.6 Å². The van der Waals surface area contributed by atoms with E-state index in [1.54, 1.807) is 6.07 Å². The molecule has 1 saturated carbocycles. The minimum atomic E-state index is -4.36. The molecule has 2 nitrogen and oxygen atoms in total. The lowest BCUT2D eigenvalue weighted by molar-refractivity contribution is -0.137. The van der Waals surface area contributed by atoms with Crippen LogP contribution in [0.15, 0.2) is 65.6 Å². The molecule has 0 spiro atoms. The number of fused-ring (bicyclic) bond motifs is 2. The van der Waals surface area contributed by atoms with Crippen LogP contribution in [0.3, 0.4) is 0 Å². The van der Waals surface area contributed by atoms with Gasteiger partial charge in [-0.15, -0.1) is 0 Å². The summed E-state index contributed by atoms with van der Waals surface area (Å²) in [6.07, 6.45) is 1.88. The Balaban J connectivity index is 1.40. The lowest BCUT2D eigenvalue weighted by Gasteiger charge is -2.43. The van der Waals surface area contributed by atoms with E-state index in [-0.39, 0.29) is 0 Å². The number of benzene rings is 3. The van der Waals surface area contributed by atoms with Crippen LogP contribution in [-0.2, 0) is 6.18 Å². The molecule has 3 aromatic rings. The summed E-state index contributed by atoms with van der Waals surface area (Å²) in [5.41, 5.74) is 0.790. The number of nitrogens with zero attached hydrogens (tertiary/aromatic N) is 1. The Morgan fingerprint density at radius 2 is 1.62 bits per heavy atom. The maximum absolute atomic E-state index is 13.5. The van der Waals surface area contributed by atoms with Gasteiger partial charge in [-0.2, -0.15) is 13.2 Å². The smallest absolute Gasteiger partial charge is 0.370 e. The van der Waals surface area contributed by atoms with Crippen molar-refractivity contribution in [3.63, 3.8) is 0 Å². The Morgan fingerprint density at radius 1 is 0.844 bits per heavy atom. The van der Waals surface area contributed by atoms with Gasteiger partial charge in [0, 0.05) is 18.0 Å². The van der Waals surface area contributed by atoms with Crippen LogP contribution in [-0.4, -0.2) is 13.1 Å². The number of alkyl halides is 3. The summed E-state index contributed by atoms with van der Waals surface area (Å²) in [6.45, 7) is 1.84. The Labute approximate surface area is 191 Å². The molecule has 168 valence electrons. The number of anilines is 2. The van der Waals surface area contributed by atoms with E-state index >= 15 is 0 Å². The standard InChI is InChI=1S/C26H27F3N2S/c27-26(28,29)22-10-12-25(31-14-13-19-6-2-4-8-21(19)17-31)24(16-22)30-32-23-11-9-18-5-1-3-7-20(18)15-23/h1,3,5,7,9-12,15-16,19,21,30H,2,4,6,8,13-14,17H2. The summed E-state index contributed by atoms with van der Waals surface area (Å²) in [6, 6.07) is 18.3. The zero-order valence-electron chi connectivity index (χ0n) is 17.9. The van der Waals surface area contributed by atoms with Crippen molar-refractivity contribution >= 4 is 34.1 Å². The normalized spacial score (nSPS) is 21.4. The van der Waals surface area contributed by atoms with E-state index in [2.05, 4.69) is 21.8 Å². The second-order valence-corrected chi connectivity index (χ2v) is 9.86. The molecule has 0 bridgehead atoms. The fourth-order valence-electron chi connectivity index (χ4n) is 5.23. The lowest BCUT2D eigenvalue weighted by atomic mass is 9.75. The van der Waals surface area contributed by atoms with E-state index in [0.717, 1.165) is 46.8 Å². The quantitative estimate of drug-likeness (QED) is 0.401. The molecule has 0 amide bonds. The van der Waals surface area contributed by atoms with Gasteiger partial charge in [0.25, 0.3) is 0 Å². The van der Waals surface area contributed by atoms with Gasteiger partial charge in [-0.25, -0.2) is 0 Å². The highest BCUT2D eigenvalue weighted by Crippen LogP contribution is 2.42. The van der Waals surface area contributed by atoms with E-state index in [4.69, 9.17) is 0 Å². The molecule has 1 heterocycles. The first kappa shape index (κ1) is 21.5. The average molecular weight is 457 g/mol. The van der Waals surface area contributed by atoms with Crippen molar-refractivity contribution in [2.75, 3.05) is 22.7 Å². The van der Waals surface area contributed by atoms with Crippen molar-refractivity contribution in [1.82, 2.24) is 0 Å². The van der Waals surface area contributed by atoms with Gasteiger partial charge in [0.15, 0.2) is 0 Å². The first-order valence-electron chi connectivity index (χ1n) is 11.4. The topological polar surface area (TPSA) is 15.3 Å². The predicted octanol–water partition coefficient (Wildman–Crippen LogP) is 7.99. The summed E-state index contributed by atoms with van der Waals surface area (Å²) < 4.78 is 43.6. The van der Waals surface area contributed by atoms with Crippen molar-refractivity contribution in [1.29, 1.82) is 0 Å². The zero-order chi connectivity index (χ0) is 22.1. The SMILES string of the molecule is FC(F)(F)c1ccc(N2CCC3CCCCC3C2)c(NSc2ccc3ccccc3c2)c1. The predicted molar refractivity (Wildman–Crippen MR) is 127 cm³/mol. The average Bonchev–Trinajstić information content (AvgIpc) is 2.81. The van der Waals surface area contributed by atoms with E-state index in [1.807, 2.05) is 30.3 Å². The third kappa shape index (κ3) is 4.56. The van der Waals surface area contributed by atoms with Crippen molar-refractivity contribution in [2.24, 2.45) is 11.8 Å². The minimum Gasteiger partial charge on any atom is -0.370 e. The van der Waals surface area contributed by atoms with Crippen LogP contribution < -0.4 is 9.62 Å². The highest BCUT2D eigenvalue weighted by atomic mass is 32.2. The van der Waals surface area contributed by atoms with Gasteiger partial charge in [-0.3, -0.25) is 0 Å². The van der Waals surface area contributed by atoms with Gasteiger partial charge in [-0.05, 0) is 77.7 Å². The van der Waals surface area contributed by atoms with Crippen LogP contribution in [0.2, 0.25) is 0 Å². The maximum Gasteiger partial charge on any atom is 0.416 e. The van der Waals surface area contributed by atoms with E-state index in [9.17, 15) is 13.2 Å². The first-order valence-corrected chi connectivity index (χ1v) is 12.2. The number of nitrogens with one attached hydrogen (secondary N) is 1. The molecule has 0 radical (unpaired) electrons. The molecule has 1 saturated heterocycles. The molecule has 3 aromatic carbocycles. The van der Waals surface area contributed by atoms with E-state index in [1.165, 1.54) is 49.8 Å². The van der Waals surface area contributed by atoms with Crippen molar-refractivity contribution < 1.29 is 13.2 Å². The fraction of sp³-hybridized carbons (Fsp3) is 0.385. The van der Waals surface area contributed by atoms with Crippen LogP contribution >= 0.6 is 11.9 Å². The summed E-state index contributed by atoms with van der Waals surface area (Å²) in [4.78, 5) is 3.26. The monoisotopic (exact) mass is 456 g/mol. The van der Waals surface area contributed by atoms with E-state index < -0.39 is 11.7 Å². The molecular weight excluding hydrogens is 429 g/mol. The Morgan fingerprint density at radius 3 is 2.44 bits per heavy atom. The van der Waals surface area contributed by atoms with Crippen molar-refractivity contribution in [3.8, 4) is 0 Å². The summed E-state index contributed by atoms with van der Waals surface area (Å²) in [5.74, 6) is 1.43. The van der Waals surface area contributed by atoms with Crippen molar-refractivity contribution in [2.45, 2.75) is 43.2 Å². The van der Waals surface area contributed by atoms with Gasteiger partial charge in [0.05, 0.1) is 16.9 Å². The molecule has 1 aliphatic heterocycles. The summed E-state index contributed by atoms with van der Waals surface area (Å²) >= 11 is 1.36. The molecule has 6 heteroatoms. The molecule has 32 heavy (non-hydrogen) atoms. The van der Waals surface area contributed by atoms with Crippen LogP contribution in [0.1, 0.15) is 37.7 Å². The number of halogens is 3. The molecule has 2 atom stereocenters. The van der Waals surface area contributed by atoms with Crippen LogP contribution in [0, 0.1) is 11.8 Å². The first-order chi connectivity index (χ1) is 15.5. The number of hydrogen-bond donors (Lipinski definition) is 1. The number of hydrogen-bond acceptors (Lipinski definition) is 3. The molecule has 1 aliphatic carbocycles. The van der Waals surface area contributed by atoms with Gasteiger partial charge >= 0.3 is 6.18 Å². The van der Waals surface area contributed by atoms with Crippen LogP contribution in [0.25, 0.3) is 10.8 Å². The fourth-order valence-corrected chi connectivity index (χ4v) is 5.95. The Bertz CT molecular complexity index is 1100. The third-order valence-corrected chi connectivity index (χ3v) is 7.77. The zero-order valence-corrected chi connectivity index (χ0v) is 18.7. The molecule has 0 aromatic heterocycles. The maximum atomic E-state index is 13.5. The molecule has 1 N–H and O–H groups in total. The lowest BCUT2D eigenvalue weighted by Crippen LogP contribution is -2.42. The number of rotatable bonds is 4. The van der Waals surface area contributed by atoms with Crippen LogP contribution in [0.5, 0.6) is 0 Å². The highest BCUT2D eigenvalue weighted by molar-refractivity contribution is 8.00.